The van der Waals surface area contributed by atoms with Gasteiger partial charge in [-0.05, 0) is 29.8 Å². The highest BCUT2D eigenvalue weighted by Gasteiger charge is 2.17. The number of aliphatic hydroxyl groups is 2. The van der Waals surface area contributed by atoms with E-state index in [2.05, 4.69) is 0 Å². The van der Waals surface area contributed by atoms with Gasteiger partial charge in [0, 0.05) is 0 Å². The fourth-order valence-electron chi connectivity index (χ4n) is 1.69. The fraction of sp³-hybridized carbons (Fsp3) is 0.200. The molecule has 2 aromatic carbocycles. The summed E-state index contributed by atoms with van der Waals surface area (Å²) in [4.78, 5) is 0. The van der Waals surface area contributed by atoms with Gasteiger partial charge < -0.3 is 14.9 Å². The second-order valence-electron chi connectivity index (χ2n) is 4.15. The molecule has 0 aliphatic carbocycles. The number of halogens is 1. The van der Waals surface area contributed by atoms with Gasteiger partial charge in [-0.25, -0.2) is 0 Å². The fourth-order valence-corrected chi connectivity index (χ4v) is 1.86. The topological polar surface area (TPSA) is 49.7 Å². The third-order valence-electron chi connectivity index (χ3n) is 2.70. The predicted octanol–water partition coefficient (Wildman–Crippen LogP) is 3.11. The Balaban J connectivity index is 2.15. The lowest BCUT2D eigenvalue weighted by molar-refractivity contribution is 0.0326. The Labute approximate surface area is 117 Å². The molecule has 0 aliphatic rings. The van der Waals surface area contributed by atoms with E-state index < -0.39 is 12.2 Å². The molecule has 3 nitrogen and oxygen atoms in total. The SMILES string of the molecule is OC(CCl)C(O)c1cccc(Oc2ccccc2)c1. The molecule has 2 atom stereocenters. The Morgan fingerprint density at radius 1 is 0.947 bits per heavy atom. The zero-order valence-electron chi connectivity index (χ0n) is 10.2. The van der Waals surface area contributed by atoms with Gasteiger partial charge in [-0.3, -0.25) is 0 Å². The first kappa shape index (κ1) is 13.9. The summed E-state index contributed by atoms with van der Waals surface area (Å²) >= 11 is 5.53. The van der Waals surface area contributed by atoms with E-state index in [-0.39, 0.29) is 5.88 Å². The first-order chi connectivity index (χ1) is 9.20. The Bertz CT molecular complexity index is 516. The molecule has 0 saturated carbocycles. The Morgan fingerprint density at radius 2 is 1.63 bits per heavy atom. The molecule has 0 bridgehead atoms. The van der Waals surface area contributed by atoms with Crippen LogP contribution >= 0.6 is 11.6 Å². The number of rotatable bonds is 5. The van der Waals surface area contributed by atoms with Crippen LogP contribution in [-0.4, -0.2) is 22.2 Å². The van der Waals surface area contributed by atoms with Crippen LogP contribution in [0.2, 0.25) is 0 Å². The summed E-state index contributed by atoms with van der Waals surface area (Å²) in [6, 6.07) is 16.3. The zero-order chi connectivity index (χ0) is 13.7. The second-order valence-corrected chi connectivity index (χ2v) is 4.46. The zero-order valence-corrected chi connectivity index (χ0v) is 11.0. The quantitative estimate of drug-likeness (QED) is 0.826. The van der Waals surface area contributed by atoms with Crippen LogP contribution in [-0.2, 0) is 0 Å². The molecule has 2 N–H and O–H groups in total. The lowest BCUT2D eigenvalue weighted by Gasteiger charge is -2.16. The Morgan fingerprint density at radius 3 is 2.32 bits per heavy atom. The molecule has 0 heterocycles. The van der Waals surface area contributed by atoms with E-state index in [4.69, 9.17) is 16.3 Å². The predicted molar refractivity (Wildman–Crippen MR) is 74.6 cm³/mol. The molecule has 4 heteroatoms. The van der Waals surface area contributed by atoms with Crippen molar-refractivity contribution in [3.63, 3.8) is 0 Å². The van der Waals surface area contributed by atoms with Crippen molar-refractivity contribution in [3.05, 3.63) is 60.2 Å². The highest BCUT2D eigenvalue weighted by Crippen LogP contribution is 2.26. The van der Waals surface area contributed by atoms with E-state index in [1.165, 1.54) is 0 Å². The van der Waals surface area contributed by atoms with Crippen LogP contribution in [0.25, 0.3) is 0 Å². The minimum Gasteiger partial charge on any atom is -0.457 e. The Kier molecular flexibility index (Phi) is 4.80. The van der Waals surface area contributed by atoms with Crippen LogP contribution in [0.15, 0.2) is 54.6 Å². The van der Waals surface area contributed by atoms with E-state index in [1.807, 2.05) is 30.3 Å². The third kappa shape index (κ3) is 3.70. The molecular formula is C15H15ClO3. The maximum absolute atomic E-state index is 9.89. The number of alkyl halides is 1. The van der Waals surface area contributed by atoms with Crippen LogP contribution in [0.5, 0.6) is 11.5 Å². The van der Waals surface area contributed by atoms with Gasteiger partial charge >= 0.3 is 0 Å². The minimum atomic E-state index is -1.02. The summed E-state index contributed by atoms with van der Waals surface area (Å²) in [5.74, 6) is 1.29. The highest BCUT2D eigenvalue weighted by molar-refractivity contribution is 6.18. The van der Waals surface area contributed by atoms with E-state index >= 15 is 0 Å². The molecule has 0 amide bonds. The number of ether oxygens (including phenoxy) is 1. The van der Waals surface area contributed by atoms with Gasteiger partial charge in [-0.1, -0.05) is 30.3 Å². The molecule has 0 fully saturated rings. The van der Waals surface area contributed by atoms with Gasteiger partial charge in [0.25, 0.3) is 0 Å². The number of benzene rings is 2. The molecule has 100 valence electrons. The largest absolute Gasteiger partial charge is 0.457 e. The standard InChI is InChI=1S/C15H15ClO3/c16-10-14(17)15(18)11-5-4-8-13(9-11)19-12-6-2-1-3-7-12/h1-9,14-15,17-18H,10H2. The van der Waals surface area contributed by atoms with E-state index in [1.54, 1.807) is 24.3 Å². The third-order valence-corrected chi connectivity index (χ3v) is 3.02. The molecule has 0 radical (unpaired) electrons. The summed E-state index contributed by atoms with van der Waals surface area (Å²) in [5.41, 5.74) is 0.571. The van der Waals surface area contributed by atoms with Crippen molar-refractivity contribution < 1.29 is 14.9 Å². The number of hydrogen-bond donors (Lipinski definition) is 2. The second kappa shape index (κ2) is 6.57. The average Bonchev–Trinajstić information content (AvgIpc) is 2.47. The molecule has 0 aromatic heterocycles. The van der Waals surface area contributed by atoms with Crippen LogP contribution in [0.3, 0.4) is 0 Å². The maximum atomic E-state index is 9.89. The number of para-hydroxylation sites is 1. The van der Waals surface area contributed by atoms with Crippen molar-refractivity contribution in [1.82, 2.24) is 0 Å². The summed E-state index contributed by atoms with van der Waals surface area (Å²) < 4.78 is 5.66. The molecular weight excluding hydrogens is 264 g/mol. The first-order valence-corrected chi connectivity index (χ1v) is 6.49. The van der Waals surface area contributed by atoms with E-state index in [0.717, 1.165) is 0 Å². The summed E-state index contributed by atoms with van der Waals surface area (Å²) in [7, 11) is 0. The van der Waals surface area contributed by atoms with Crippen molar-refractivity contribution >= 4 is 11.6 Å². The monoisotopic (exact) mass is 278 g/mol. The van der Waals surface area contributed by atoms with Crippen molar-refractivity contribution in [2.75, 3.05) is 5.88 Å². The molecule has 0 saturated heterocycles. The van der Waals surface area contributed by atoms with Crippen molar-refractivity contribution in [2.24, 2.45) is 0 Å². The van der Waals surface area contributed by atoms with E-state index in [0.29, 0.717) is 17.1 Å². The maximum Gasteiger partial charge on any atom is 0.127 e. The average molecular weight is 279 g/mol. The highest BCUT2D eigenvalue weighted by atomic mass is 35.5. The van der Waals surface area contributed by atoms with Crippen LogP contribution in [0, 0.1) is 0 Å². The van der Waals surface area contributed by atoms with Gasteiger partial charge in [0.15, 0.2) is 0 Å². The minimum absolute atomic E-state index is 0.0229. The van der Waals surface area contributed by atoms with Crippen LogP contribution < -0.4 is 4.74 Å². The van der Waals surface area contributed by atoms with Crippen LogP contribution in [0.4, 0.5) is 0 Å². The van der Waals surface area contributed by atoms with Crippen molar-refractivity contribution in [1.29, 1.82) is 0 Å². The lowest BCUT2D eigenvalue weighted by atomic mass is 10.1. The van der Waals surface area contributed by atoms with Crippen LogP contribution in [0.1, 0.15) is 11.7 Å². The van der Waals surface area contributed by atoms with Gasteiger partial charge in [-0.15, -0.1) is 11.6 Å². The molecule has 2 unspecified atom stereocenters. The van der Waals surface area contributed by atoms with Gasteiger partial charge in [0.2, 0.25) is 0 Å². The van der Waals surface area contributed by atoms with Gasteiger partial charge in [0.1, 0.15) is 17.6 Å². The Hall–Kier alpha value is -1.55. The smallest absolute Gasteiger partial charge is 0.127 e. The molecule has 2 rings (SSSR count). The summed E-state index contributed by atoms with van der Waals surface area (Å²) in [5, 5.41) is 19.4. The van der Waals surface area contributed by atoms with Crippen molar-refractivity contribution in [3.8, 4) is 11.5 Å². The number of aliphatic hydroxyl groups excluding tert-OH is 2. The first-order valence-electron chi connectivity index (χ1n) is 5.95. The number of hydrogen-bond acceptors (Lipinski definition) is 3. The van der Waals surface area contributed by atoms with Gasteiger partial charge in [-0.2, -0.15) is 0 Å². The summed E-state index contributed by atoms with van der Waals surface area (Å²) in [6.45, 7) is 0. The molecule has 19 heavy (non-hydrogen) atoms. The molecule has 2 aromatic rings. The molecule has 0 aliphatic heterocycles. The molecule has 0 spiro atoms. The van der Waals surface area contributed by atoms with E-state index in [9.17, 15) is 10.2 Å². The normalized spacial score (nSPS) is 13.8. The lowest BCUT2D eigenvalue weighted by Crippen LogP contribution is -2.19. The van der Waals surface area contributed by atoms with Crippen molar-refractivity contribution in [2.45, 2.75) is 12.2 Å². The summed E-state index contributed by atoms with van der Waals surface area (Å²) in [6.07, 6.45) is -2.01. The van der Waals surface area contributed by atoms with Gasteiger partial charge in [0.05, 0.1) is 12.0 Å².